The highest BCUT2D eigenvalue weighted by molar-refractivity contribution is 8.13. The van der Waals surface area contributed by atoms with Gasteiger partial charge in [0.15, 0.2) is 17.3 Å². The molecule has 43 heavy (non-hydrogen) atoms. The van der Waals surface area contributed by atoms with Gasteiger partial charge in [-0.05, 0) is 18.6 Å². The van der Waals surface area contributed by atoms with E-state index in [9.17, 15) is 33.6 Å². The van der Waals surface area contributed by atoms with Crippen LogP contribution in [0, 0.1) is 0 Å². The second kappa shape index (κ2) is 18.7. The highest BCUT2D eigenvalue weighted by Crippen LogP contribution is 2.43. The fourth-order valence-corrected chi connectivity index (χ4v) is 6.36. The molecule has 0 spiro atoms. The summed E-state index contributed by atoms with van der Waals surface area (Å²) in [5, 5.41) is 2.66. The van der Waals surface area contributed by atoms with Crippen LogP contribution >= 0.6 is 23.5 Å². The molecule has 1 N–H and O–H groups in total. The molecule has 1 aliphatic heterocycles. The smallest absolute Gasteiger partial charge is 0.348 e. The first-order valence-electron chi connectivity index (χ1n) is 13.6. The van der Waals surface area contributed by atoms with Gasteiger partial charge in [0.1, 0.15) is 18.8 Å². The zero-order valence-electron chi connectivity index (χ0n) is 25.5. The summed E-state index contributed by atoms with van der Waals surface area (Å²) in [5.74, 6) is -3.48. The molecule has 0 aliphatic carbocycles. The normalized spacial score (nSPS) is 22.7. The van der Waals surface area contributed by atoms with Crippen LogP contribution in [-0.4, -0.2) is 101 Å². The van der Waals surface area contributed by atoms with Crippen LogP contribution in [0.2, 0.25) is 0 Å². The Morgan fingerprint density at radius 2 is 1.49 bits per heavy atom. The average molecular weight is 652 g/mol. The number of ether oxygens (including phenoxy) is 6. The number of esters is 5. The van der Waals surface area contributed by atoms with Gasteiger partial charge in [-0.15, -0.1) is 11.8 Å². The van der Waals surface area contributed by atoms with Crippen molar-refractivity contribution in [1.29, 1.82) is 0 Å². The van der Waals surface area contributed by atoms with Gasteiger partial charge in [-0.1, -0.05) is 18.2 Å². The lowest BCUT2D eigenvalue weighted by Crippen LogP contribution is -2.68. The number of rotatable bonds is 16. The third-order valence-electron chi connectivity index (χ3n) is 5.92. The zero-order valence-corrected chi connectivity index (χ0v) is 27.1. The molecule has 0 aromatic rings. The van der Waals surface area contributed by atoms with Crippen molar-refractivity contribution in [2.75, 3.05) is 25.2 Å². The number of carbonyl (C=O) groups excluding carboxylic acids is 7. The van der Waals surface area contributed by atoms with E-state index in [4.69, 9.17) is 28.4 Å². The standard InChI is InChI=1S/C27H41NO13S2/c1-15(29)28-23-21(38-17(3)31)13-27(26(35)36-7,43-12-10-8-9-11-42-20(6)34)41-25(23)24(40-19(5)33)22(39-18(4)32)14-37-16(2)30/h21-25H,8-14H2,1-7H3,(H,28,29)/t21-,22+,23+,24+,25+,27-/m0/s1. The van der Waals surface area contributed by atoms with Gasteiger partial charge >= 0.3 is 29.8 Å². The first kappa shape index (κ1) is 38.2. The van der Waals surface area contributed by atoms with E-state index in [1.54, 1.807) is 0 Å². The Morgan fingerprint density at radius 1 is 0.860 bits per heavy atom. The SMILES string of the molecule is COC(=O)[C@@]1(SCCCCCSC(C)=O)C[C@H](OC(C)=O)[C@@H](NC(C)=O)[C@H]([C@H](OC(C)=O)[C@@H](COC(C)=O)OC(C)=O)O1. The first-order chi connectivity index (χ1) is 20.1. The van der Waals surface area contributed by atoms with Crippen LogP contribution in [-0.2, 0) is 62.0 Å². The quantitative estimate of drug-likeness (QED) is 0.144. The van der Waals surface area contributed by atoms with E-state index in [1.807, 2.05) is 0 Å². The largest absolute Gasteiger partial charge is 0.466 e. The molecule has 1 heterocycles. The third kappa shape index (κ3) is 13.5. The zero-order chi connectivity index (χ0) is 32.7. The van der Waals surface area contributed by atoms with Crippen LogP contribution in [0.5, 0.6) is 0 Å². The third-order valence-corrected chi connectivity index (χ3v) is 8.21. The van der Waals surface area contributed by atoms with Gasteiger partial charge in [0.05, 0.1) is 13.2 Å². The van der Waals surface area contributed by atoms with Crippen LogP contribution in [0.15, 0.2) is 0 Å². The predicted octanol–water partition coefficient (Wildman–Crippen LogP) is 1.69. The predicted molar refractivity (Wildman–Crippen MR) is 155 cm³/mol. The molecule has 0 bridgehead atoms. The summed E-state index contributed by atoms with van der Waals surface area (Å²) < 4.78 is 32.9. The molecular formula is C27H41NO13S2. The molecule has 0 saturated carbocycles. The highest BCUT2D eigenvalue weighted by Gasteiger charge is 2.58. The van der Waals surface area contributed by atoms with E-state index in [2.05, 4.69) is 5.32 Å². The monoisotopic (exact) mass is 651 g/mol. The van der Waals surface area contributed by atoms with Gasteiger partial charge in [-0.2, -0.15) is 0 Å². The lowest BCUT2D eigenvalue weighted by Gasteiger charge is -2.48. The summed E-state index contributed by atoms with van der Waals surface area (Å²) >= 11 is 2.29. The van der Waals surface area contributed by atoms with Gasteiger partial charge in [0.2, 0.25) is 10.8 Å². The molecule has 16 heteroatoms. The number of carbonyl (C=O) groups is 7. The summed E-state index contributed by atoms with van der Waals surface area (Å²) in [6, 6.07) is -1.21. The summed E-state index contributed by atoms with van der Waals surface area (Å²) in [7, 11) is 1.15. The number of hydrogen-bond donors (Lipinski definition) is 1. The maximum atomic E-state index is 13.3. The second-order valence-electron chi connectivity index (χ2n) is 9.68. The lowest BCUT2D eigenvalue weighted by molar-refractivity contribution is -0.224. The Hall–Kier alpha value is -2.85. The Bertz CT molecular complexity index is 1020. The number of methoxy groups -OCH3 is 1. The number of amides is 1. The molecular weight excluding hydrogens is 610 g/mol. The molecule has 1 saturated heterocycles. The van der Waals surface area contributed by atoms with Crippen LogP contribution in [0.3, 0.4) is 0 Å². The van der Waals surface area contributed by atoms with E-state index in [-0.39, 0.29) is 11.5 Å². The van der Waals surface area contributed by atoms with Crippen LogP contribution in [0.1, 0.15) is 67.2 Å². The lowest BCUT2D eigenvalue weighted by atomic mass is 9.89. The number of unbranched alkanes of at least 4 members (excludes halogenated alkanes) is 2. The summed E-state index contributed by atoms with van der Waals surface area (Å²) in [6.07, 6.45) is -3.78. The van der Waals surface area contributed by atoms with Crippen LogP contribution in [0.4, 0.5) is 0 Å². The van der Waals surface area contributed by atoms with Crippen molar-refractivity contribution in [1.82, 2.24) is 5.32 Å². The van der Waals surface area contributed by atoms with Crippen LogP contribution < -0.4 is 5.32 Å². The summed E-state index contributed by atoms with van der Waals surface area (Å²) in [5.41, 5.74) is 0. The van der Waals surface area contributed by atoms with Crippen molar-refractivity contribution in [2.24, 2.45) is 0 Å². The second-order valence-corrected chi connectivity index (χ2v) is 12.3. The van der Waals surface area contributed by atoms with E-state index >= 15 is 0 Å². The van der Waals surface area contributed by atoms with E-state index in [0.717, 1.165) is 59.4 Å². The van der Waals surface area contributed by atoms with Crippen molar-refractivity contribution in [2.45, 2.75) is 103 Å². The fourth-order valence-electron chi connectivity index (χ4n) is 4.38. The van der Waals surface area contributed by atoms with Crippen molar-refractivity contribution < 1.29 is 62.0 Å². The van der Waals surface area contributed by atoms with Crippen molar-refractivity contribution in [3.8, 4) is 0 Å². The summed E-state index contributed by atoms with van der Waals surface area (Å²) in [6.45, 7) is 6.57. The van der Waals surface area contributed by atoms with E-state index < -0.39 is 77.8 Å². The maximum Gasteiger partial charge on any atom is 0.348 e. The van der Waals surface area contributed by atoms with Crippen molar-refractivity contribution in [3.63, 3.8) is 0 Å². The molecule has 0 radical (unpaired) electrons. The average Bonchev–Trinajstić information content (AvgIpc) is 2.88. The first-order valence-corrected chi connectivity index (χ1v) is 15.5. The van der Waals surface area contributed by atoms with Crippen molar-refractivity contribution in [3.05, 3.63) is 0 Å². The molecule has 0 aromatic carbocycles. The molecule has 1 rings (SSSR count). The van der Waals surface area contributed by atoms with E-state index in [0.29, 0.717) is 17.9 Å². The number of nitrogens with one attached hydrogen (secondary N) is 1. The minimum Gasteiger partial charge on any atom is -0.466 e. The summed E-state index contributed by atoms with van der Waals surface area (Å²) in [4.78, 5) is 83.1. The van der Waals surface area contributed by atoms with Crippen LogP contribution in [0.25, 0.3) is 0 Å². The minimum absolute atomic E-state index is 0.0222. The minimum atomic E-state index is -1.82. The molecule has 0 aromatic heterocycles. The maximum absolute atomic E-state index is 13.3. The number of thioether (sulfide) groups is 2. The van der Waals surface area contributed by atoms with Gasteiger partial charge < -0.3 is 33.7 Å². The molecule has 244 valence electrons. The molecule has 0 unspecified atom stereocenters. The molecule has 14 nitrogen and oxygen atoms in total. The van der Waals surface area contributed by atoms with E-state index in [1.165, 1.54) is 25.6 Å². The Morgan fingerprint density at radius 3 is 2.00 bits per heavy atom. The Kier molecular flexibility index (Phi) is 16.6. The van der Waals surface area contributed by atoms with Gasteiger partial charge in [-0.25, -0.2) is 4.79 Å². The van der Waals surface area contributed by atoms with Gasteiger partial charge in [0, 0.05) is 53.7 Å². The molecule has 6 atom stereocenters. The topological polar surface area (TPSA) is 187 Å². The fraction of sp³-hybridized carbons (Fsp3) is 0.741. The van der Waals surface area contributed by atoms with Gasteiger partial charge in [0.25, 0.3) is 0 Å². The molecule has 1 fully saturated rings. The van der Waals surface area contributed by atoms with Crippen molar-refractivity contribution >= 4 is 64.4 Å². The highest BCUT2D eigenvalue weighted by atomic mass is 32.2. The Balaban J connectivity index is 3.60. The Labute approximate surface area is 259 Å². The molecule has 1 aliphatic rings. The number of hydrogen-bond acceptors (Lipinski definition) is 15. The molecule has 1 amide bonds. The van der Waals surface area contributed by atoms with Gasteiger partial charge in [-0.3, -0.25) is 28.8 Å².